The van der Waals surface area contributed by atoms with Gasteiger partial charge in [-0.3, -0.25) is 19.7 Å². The molecule has 0 unspecified atom stereocenters. The lowest BCUT2D eigenvalue weighted by Crippen LogP contribution is -2.23. The lowest BCUT2D eigenvalue weighted by Gasteiger charge is -2.01. The van der Waals surface area contributed by atoms with Gasteiger partial charge in [0.05, 0.1) is 10.6 Å². The quantitative estimate of drug-likeness (QED) is 0.345. The van der Waals surface area contributed by atoms with Gasteiger partial charge in [-0.25, -0.2) is 0 Å². The average molecular weight is 249 g/mol. The summed E-state index contributed by atoms with van der Waals surface area (Å²) in [6, 6.07) is 4.20. The molecule has 0 aliphatic rings. The van der Waals surface area contributed by atoms with Crippen molar-refractivity contribution in [3.05, 3.63) is 34.4 Å². The van der Waals surface area contributed by atoms with Gasteiger partial charge in [-0.2, -0.15) is 10.2 Å². The van der Waals surface area contributed by atoms with E-state index in [1.165, 1.54) is 38.1 Å². The highest BCUT2D eigenvalue weighted by molar-refractivity contribution is 6.04. The van der Waals surface area contributed by atoms with Crippen molar-refractivity contribution in [2.45, 2.75) is 19.9 Å². The van der Waals surface area contributed by atoms with Crippen molar-refractivity contribution >= 4 is 22.9 Å². The van der Waals surface area contributed by atoms with Crippen LogP contribution < -0.4 is 0 Å². The number of hydrogen-bond acceptors (Lipinski definition) is 6. The molecule has 94 valence electrons. The number of carbonyl (C=O) groups excluding carboxylic acids is 2. The number of ketones is 2. The molecule has 7 heteroatoms. The molecule has 1 aromatic carbocycles. The number of non-ortho nitro benzene ring substituents is 1. The molecule has 18 heavy (non-hydrogen) atoms. The van der Waals surface area contributed by atoms with Gasteiger partial charge in [0.1, 0.15) is 0 Å². The zero-order valence-corrected chi connectivity index (χ0v) is 9.86. The van der Waals surface area contributed by atoms with Crippen LogP contribution in [0.5, 0.6) is 0 Å². The molecule has 0 radical (unpaired) electrons. The number of hydrogen-bond donors (Lipinski definition) is 0. The van der Waals surface area contributed by atoms with Gasteiger partial charge in [0.15, 0.2) is 17.6 Å². The molecule has 0 saturated carbocycles. The normalized spacial score (nSPS) is 10.8. The fourth-order valence-electron chi connectivity index (χ4n) is 1.21. The first kappa shape index (κ1) is 13.6. The highest BCUT2D eigenvalue weighted by atomic mass is 16.6. The topological polar surface area (TPSA) is 102 Å². The molecular formula is C11H11N3O4. The largest absolute Gasteiger partial charge is 0.297 e. The molecule has 0 N–H and O–H groups in total. The monoisotopic (exact) mass is 249 g/mol. The molecule has 0 spiro atoms. The Kier molecular flexibility index (Phi) is 4.36. The van der Waals surface area contributed by atoms with Crippen LogP contribution in [0.4, 0.5) is 11.4 Å². The standard InChI is InChI=1S/C11H11N3O4/c1-7(15)11(8(2)16)13-12-9-3-5-10(6-4-9)14(17)18/h3-6,11H,1-2H3. The van der Waals surface area contributed by atoms with E-state index in [9.17, 15) is 19.7 Å². The van der Waals surface area contributed by atoms with Crippen LogP contribution in [-0.2, 0) is 9.59 Å². The van der Waals surface area contributed by atoms with Gasteiger partial charge in [-0.1, -0.05) is 0 Å². The van der Waals surface area contributed by atoms with Gasteiger partial charge in [0, 0.05) is 12.1 Å². The van der Waals surface area contributed by atoms with E-state index in [1.54, 1.807) is 0 Å². The zero-order valence-electron chi connectivity index (χ0n) is 9.86. The summed E-state index contributed by atoms with van der Waals surface area (Å²) in [7, 11) is 0. The first-order valence-corrected chi connectivity index (χ1v) is 5.08. The first-order valence-electron chi connectivity index (χ1n) is 5.08. The minimum atomic E-state index is -1.11. The summed E-state index contributed by atoms with van der Waals surface area (Å²) >= 11 is 0. The summed E-state index contributed by atoms with van der Waals surface area (Å²) < 4.78 is 0. The number of nitro benzene ring substituents is 1. The molecule has 0 aromatic heterocycles. The van der Waals surface area contributed by atoms with Crippen molar-refractivity contribution in [2.24, 2.45) is 10.2 Å². The summed E-state index contributed by atoms with van der Waals surface area (Å²) in [5.41, 5.74) is 0.275. The number of nitrogens with zero attached hydrogens (tertiary/aromatic N) is 3. The van der Waals surface area contributed by atoms with Gasteiger partial charge in [0.2, 0.25) is 0 Å². The molecule has 0 amide bonds. The number of rotatable bonds is 5. The Bertz CT molecular complexity index is 494. The van der Waals surface area contributed by atoms with Crippen LogP contribution in [-0.4, -0.2) is 22.5 Å². The van der Waals surface area contributed by atoms with E-state index >= 15 is 0 Å². The Balaban J connectivity index is 2.86. The fourth-order valence-corrected chi connectivity index (χ4v) is 1.21. The second kappa shape index (κ2) is 5.76. The highest BCUT2D eigenvalue weighted by Crippen LogP contribution is 2.18. The maximum atomic E-state index is 11.1. The van der Waals surface area contributed by atoms with E-state index in [2.05, 4.69) is 10.2 Å². The molecule has 1 aromatic rings. The van der Waals surface area contributed by atoms with Crippen LogP contribution in [0.1, 0.15) is 13.8 Å². The number of azo groups is 1. The van der Waals surface area contributed by atoms with E-state index in [1.807, 2.05) is 0 Å². The predicted molar refractivity (Wildman–Crippen MR) is 62.8 cm³/mol. The fraction of sp³-hybridized carbons (Fsp3) is 0.273. The summed E-state index contributed by atoms with van der Waals surface area (Å²) in [4.78, 5) is 32.1. The van der Waals surface area contributed by atoms with E-state index in [0.29, 0.717) is 5.69 Å². The van der Waals surface area contributed by atoms with Crippen molar-refractivity contribution in [3.8, 4) is 0 Å². The smallest absolute Gasteiger partial charge is 0.269 e. The lowest BCUT2D eigenvalue weighted by molar-refractivity contribution is -0.384. The summed E-state index contributed by atoms with van der Waals surface area (Å²) in [5.74, 6) is -0.790. The molecule has 0 aliphatic carbocycles. The number of carbonyl (C=O) groups is 2. The van der Waals surface area contributed by atoms with Crippen LogP contribution in [0, 0.1) is 10.1 Å². The molecule has 0 heterocycles. The first-order chi connectivity index (χ1) is 8.41. The minimum absolute atomic E-state index is 0.0661. The number of benzene rings is 1. The molecule has 0 bridgehead atoms. The maximum Gasteiger partial charge on any atom is 0.269 e. The molecule has 0 aliphatic heterocycles. The van der Waals surface area contributed by atoms with Gasteiger partial charge in [-0.05, 0) is 26.0 Å². The summed E-state index contributed by atoms with van der Waals surface area (Å²) in [6.45, 7) is 2.50. The Morgan fingerprint density at radius 2 is 1.67 bits per heavy atom. The van der Waals surface area contributed by atoms with Gasteiger partial charge in [0.25, 0.3) is 5.69 Å². The molecule has 1 rings (SSSR count). The van der Waals surface area contributed by atoms with Gasteiger partial charge in [-0.15, -0.1) is 0 Å². The number of nitro groups is 1. The molecule has 0 atom stereocenters. The zero-order chi connectivity index (χ0) is 13.7. The van der Waals surface area contributed by atoms with Gasteiger partial charge < -0.3 is 0 Å². The van der Waals surface area contributed by atoms with Crippen LogP contribution in [0.2, 0.25) is 0 Å². The lowest BCUT2D eigenvalue weighted by atomic mass is 10.1. The molecule has 0 fully saturated rings. The van der Waals surface area contributed by atoms with Crippen LogP contribution in [0.3, 0.4) is 0 Å². The Morgan fingerprint density at radius 3 is 2.06 bits per heavy atom. The number of Topliss-reactive ketones (excluding diaryl/α,β-unsaturated/α-hetero) is 2. The average Bonchev–Trinajstić information content (AvgIpc) is 2.28. The summed E-state index contributed by atoms with van der Waals surface area (Å²) in [5, 5.41) is 17.8. The van der Waals surface area contributed by atoms with Crippen molar-refractivity contribution in [2.75, 3.05) is 0 Å². The van der Waals surface area contributed by atoms with Crippen molar-refractivity contribution in [1.82, 2.24) is 0 Å². The predicted octanol–water partition coefficient (Wildman–Crippen LogP) is 2.23. The van der Waals surface area contributed by atoms with E-state index in [0.717, 1.165) is 0 Å². The summed E-state index contributed by atoms with van der Waals surface area (Å²) in [6.07, 6.45) is 0. The maximum absolute atomic E-state index is 11.1. The van der Waals surface area contributed by atoms with Crippen LogP contribution in [0.25, 0.3) is 0 Å². The molecule has 7 nitrogen and oxygen atoms in total. The molecule has 0 saturated heterocycles. The second-order valence-corrected chi connectivity index (χ2v) is 3.61. The minimum Gasteiger partial charge on any atom is -0.297 e. The van der Waals surface area contributed by atoms with E-state index < -0.39 is 22.5 Å². The Labute approximate surface area is 103 Å². The SMILES string of the molecule is CC(=O)C(N=Nc1ccc([N+](=O)[O-])cc1)C(C)=O. The van der Waals surface area contributed by atoms with E-state index in [4.69, 9.17) is 0 Å². The van der Waals surface area contributed by atoms with Crippen molar-refractivity contribution < 1.29 is 14.5 Å². The van der Waals surface area contributed by atoms with Crippen LogP contribution in [0.15, 0.2) is 34.5 Å². The highest BCUT2D eigenvalue weighted by Gasteiger charge is 2.18. The molecular weight excluding hydrogens is 238 g/mol. The third-order valence-electron chi connectivity index (χ3n) is 2.12. The van der Waals surface area contributed by atoms with Crippen molar-refractivity contribution in [3.63, 3.8) is 0 Å². The third-order valence-corrected chi connectivity index (χ3v) is 2.12. The third kappa shape index (κ3) is 3.55. The second-order valence-electron chi connectivity index (χ2n) is 3.61. The van der Waals surface area contributed by atoms with Gasteiger partial charge >= 0.3 is 0 Å². The van der Waals surface area contributed by atoms with E-state index in [-0.39, 0.29) is 5.69 Å². The van der Waals surface area contributed by atoms with Crippen LogP contribution >= 0.6 is 0 Å². The van der Waals surface area contributed by atoms with Crippen molar-refractivity contribution in [1.29, 1.82) is 0 Å². The Morgan fingerprint density at radius 1 is 1.17 bits per heavy atom. The Hall–Kier alpha value is -2.44.